The minimum atomic E-state index is -0.667. The van der Waals surface area contributed by atoms with E-state index in [0.29, 0.717) is 25.8 Å². The molecule has 2 heterocycles. The first kappa shape index (κ1) is 12.5. The van der Waals surface area contributed by atoms with Crippen LogP contribution in [0, 0.1) is 0 Å². The number of aliphatic hydroxyl groups is 1. The second kappa shape index (κ2) is 5.21. The molecule has 4 heteroatoms. The molecule has 2 N–H and O–H groups in total. The van der Waals surface area contributed by atoms with Gasteiger partial charge in [-0.1, -0.05) is 18.2 Å². The van der Waals surface area contributed by atoms with Crippen molar-refractivity contribution in [3.05, 3.63) is 29.8 Å². The molecule has 0 aliphatic carbocycles. The lowest BCUT2D eigenvalue weighted by molar-refractivity contribution is 0.0246. The van der Waals surface area contributed by atoms with Crippen molar-refractivity contribution in [2.24, 2.45) is 0 Å². The minimum absolute atomic E-state index is 0.368. The van der Waals surface area contributed by atoms with Crippen molar-refractivity contribution in [2.75, 3.05) is 25.5 Å². The highest BCUT2D eigenvalue weighted by atomic mass is 32.2. The Morgan fingerprint density at radius 3 is 3.17 bits per heavy atom. The molecule has 3 nitrogen and oxygen atoms in total. The van der Waals surface area contributed by atoms with Gasteiger partial charge < -0.3 is 15.2 Å². The van der Waals surface area contributed by atoms with E-state index in [-0.39, 0.29) is 0 Å². The molecule has 2 aliphatic rings. The standard InChI is InChI=1S/C14H19NO2S/c16-14(6-7-17-10-14)9-15-12-5-8-18-13-4-2-1-3-11(12)13/h1-4,12,15-16H,5-10H2/t12-,14+/m0/s1. The summed E-state index contributed by atoms with van der Waals surface area (Å²) in [7, 11) is 0. The summed E-state index contributed by atoms with van der Waals surface area (Å²) in [5, 5.41) is 13.8. The van der Waals surface area contributed by atoms with Gasteiger partial charge in [0.05, 0.1) is 6.61 Å². The third-order valence-corrected chi connectivity index (χ3v) is 4.84. The van der Waals surface area contributed by atoms with E-state index in [2.05, 4.69) is 29.6 Å². The predicted octanol–water partition coefficient (Wildman–Crippen LogP) is 1.96. The fraction of sp³-hybridized carbons (Fsp3) is 0.571. The summed E-state index contributed by atoms with van der Waals surface area (Å²) in [6.07, 6.45) is 1.86. The van der Waals surface area contributed by atoms with Crippen molar-refractivity contribution in [3.63, 3.8) is 0 Å². The number of ether oxygens (including phenoxy) is 1. The Morgan fingerprint density at radius 1 is 1.44 bits per heavy atom. The summed E-state index contributed by atoms with van der Waals surface area (Å²) < 4.78 is 5.28. The Balaban J connectivity index is 1.67. The molecular weight excluding hydrogens is 246 g/mol. The Labute approximate surface area is 112 Å². The zero-order valence-electron chi connectivity index (χ0n) is 10.4. The van der Waals surface area contributed by atoms with E-state index in [1.54, 1.807) is 0 Å². The van der Waals surface area contributed by atoms with Crippen LogP contribution < -0.4 is 5.32 Å². The van der Waals surface area contributed by atoms with Crippen LogP contribution in [0.1, 0.15) is 24.4 Å². The SMILES string of the molecule is O[C@@]1(CN[C@H]2CCSc3ccccc32)CCOC1. The molecule has 1 aromatic rings. The molecule has 1 saturated heterocycles. The van der Waals surface area contributed by atoms with Crippen LogP contribution in [0.25, 0.3) is 0 Å². The van der Waals surface area contributed by atoms with Crippen LogP contribution >= 0.6 is 11.8 Å². The normalized spacial score (nSPS) is 31.3. The summed E-state index contributed by atoms with van der Waals surface area (Å²) in [6, 6.07) is 8.92. The van der Waals surface area contributed by atoms with Crippen LogP contribution in [0.5, 0.6) is 0 Å². The topological polar surface area (TPSA) is 41.5 Å². The van der Waals surface area contributed by atoms with Gasteiger partial charge in [-0.2, -0.15) is 0 Å². The first-order valence-corrected chi connectivity index (χ1v) is 7.51. The molecule has 98 valence electrons. The number of hydrogen-bond donors (Lipinski definition) is 2. The van der Waals surface area contributed by atoms with Gasteiger partial charge in [0.1, 0.15) is 5.60 Å². The maximum Gasteiger partial charge on any atom is 0.103 e. The van der Waals surface area contributed by atoms with E-state index in [1.807, 2.05) is 11.8 Å². The second-order valence-electron chi connectivity index (χ2n) is 5.14. The van der Waals surface area contributed by atoms with Crippen molar-refractivity contribution >= 4 is 11.8 Å². The van der Waals surface area contributed by atoms with Gasteiger partial charge in [0.2, 0.25) is 0 Å². The molecule has 0 unspecified atom stereocenters. The van der Waals surface area contributed by atoms with Gasteiger partial charge in [-0.3, -0.25) is 0 Å². The molecule has 1 aromatic carbocycles. The van der Waals surface area contributed by atoms with E-state index in [9.17, 15) is 5.11 Å². The van der Waals surface area contributed by atoms with Crippen LogP contribution in [0.4, 0.5) is 0 Å². The van der Waals surface area contributed by atoms with E-state index in [1.165, 1.54) is 10.5 Å². The molecule has 2 aliphatic heterocycles. The summed E-state index contributed by atoms with van der Waals surface area (Å²) >= 11 is 1.92. The average Bonchev–Trinajstić information content (AvgIpc) is 2.84. The van der Waals surface area contributed by atoms with Crippen molar-refractivity contribution in [3.8, 4) is 0 Å². The second-order valence-corrected chi connectivity index (χ2v) is 6.27. The predicted molar refractivity (Wildman–Crippen MR) is 72.9 cm³/mol. The smallest absolute Gasteiger partial charge is 0.103 e. The highest BCUT2D eigenvalue weighted by Gasteiger charge is 2.33. The van der Waals surface area contributed by atoms with Gasteiger partial charge >= 0.3 is 0 Å². The largest absolute Gasteiger partial charge is 0.386 e. The molecule has 18 heavy (non-hydrogen) atoms. The zero-order valence-corrected chi connectivity index (χ0v) is 11.2. The Bertz CT molecular complexity index is 418. The fourth-order valence-electron chi connectivity index (χ4n) is 2.60. The fourth-order valence-corrected chi connectivity index (χ4v) is 3.73. The molecule has 0 radical (unpaired) electrons. The van der Waals surface area contributed by atoms with E-state index < -0.39 is 5.60 Å². The van der Waals surface area contributed by atoms with Crippen molar-refractivity contribution in [1.29, 1.82) is 0 Å². The third-order valence-electron chi connectivity index (χ3n) is 3.72. The Kier molecular flexibility index (Phi) is 3.61. The van der Waals surface area contributed by atoms with Crippen LogP contribution in [0.3, 0.4) is 0 Å². The lowest BCUT2D eigenvalue weighted by Gasteiger charge is -2.29. The molecule has 0 aromatic heterocycles. The molecule has 0 amide bonds. The summed E-state index contributed by atoms with van der Waals surface area (Å²) in [4.78, 5) is 1.37. The number of benzene rings is 1. The van der Waals surface area contributed by atoms with Gasteiger partial charge in [-0.25, -0.2) is 0 Å². The molecule has 0 bridgehead atoms. The Morgan fingerprint density at radius 2 is 2.33 bits per heavy atom. The molecule has 0 saturated carbocycles. The maximum absolute atomic E-state index is 10.3. The number of hydrogen-bond acceptors (Lipinski definition) is 4. The van der Waals surface area contributed by atoms with Crippen molar-refractivity contribution in [1.82, 2.24) is 5.32 Å². The monoisotopic (exact) mass is 265 g/mol. The first-order valence-electron chi connectivity index (χ1n) is 6.52. The Hall–Kier alpha value is -0.550. The zero-order chi connectivity index (χ0) is 12.4. The van der Waals surface area contributed by atoms with Gasteiger partial charge in [-0.15, -0.1) is 11.8 Å². The summed E-state index contributed by atoms with van der Waals surface area (Å²) in [5.41, 5.74) is 0.704. The van der Waals surface area contributed by atoms with Gasteiger partial charge in [0.15, 0.2) is 0 Å². The number of thioether (sulfide) groups is 1. The number of nitrogens with one attached hydrogen (secondary N) is 1. The van der Waals surface area contributed by atoms with Crippen LogP contribution in [-0.4, -0.2) is 36.2 Å². The highest BCUT2D eigenvalue weighted by molar-refractivity contribution is 7.99. The summed E-state index contributed by atoms with van der Waals surface area (Å²) in [5.74, 6) is 1.14. The molecule has 0 spiro atoms. The molecule has 3 rings (SSSR count). The van der Waals surface area contributed by atoms with Gasteiger partial charge in [0, 0.05) is 30.5 Å². The molecule has 1 fully saturated rings. The lowest BCUT2D eigenvalue weighted by atomic mass is 10.00. The first-order chi connectivity index (χ1) is 8.77. The molecule has 2 atom stereocenters. The van der Waals surface area contributed by atoms with Gasteiger partial charge in [-0.05, 0) is 23.8 Å². The van der Waals surface area contributed by atoms with Gasteiger partial charge in [0.25, 0.3) is 0 Å². The highest BCUT2D eigenvalue weighted by Crippen LogP contribution is 2.36. The molecular formula is C14H19NO2S. The minimum Gasteiger partial charge on any atom is -0.386 e. The number of rotatable bonds is 3. The quantitative estimate of drug-likeness (QED) is 0.877. The van der Waals surface area contributed by atoms with Crippen LogP contribution in [0.2, 0.25) is 0 Å². The third kappa shape index (κ3) is 2.57. The van der Waals surface area contributed by atoms with E-state index in [4.69, 9.17) is 4.74 Å². The van der Waals surface area contributed by atoms with Crippen molar-refractivity contribution in [2.45, 2.75) is 29.4 Å². The van der Waals surface area contributed by atoms with Crippen LogP contribution in [-0.2, 0) is 4.74 Å². The maximum atomic E-state index is 10.3. The number of fused-ring (bicyclic) bond motifs is 1. The van der Waals surface area contributed by atoms with Crippen LogP contribution in [0.15, 0.2) is 29.2 Å². The average molecular weight is 265 g/mol. The van der Waals surface area contributed by atoms with E-state index >= 15 is 0 Å². The lowest BCUT2D eigenvalue weighted by Crippen LogP contribution is -2.42. The van der Waals surface area contributed by atoms with Crippen molar-refractivity contribution < 1.29 is 9.84 Å². The van der Waals surface area contributed by atoms with E-state index in [0.717, 1.165) is 18.6 Å². The summed E-state index contributed by atoms with van der Waals surface area (Å²) in [6.45, 7) is 1.76.